The van der Waals surface area contributed by atoms with Gasteiger partial charge in [0, 0.05) is 13.1 Å². The molecule has 0 spiro atoms. The Morgan fingerprint density at radius 1 is 1.08 bits per heavy atom. The van der Waals surface area contributed by atoms with Crippen LogP contribution in [0.2, 0.25) is 0 Å². The summed E-state index contributed by atoms with van der Waals surface area (Å²) in [6.07, 6.45) is 3.28. The van der Waals surface area contributed by atoms with Crippen molar-refractivity contribution in [3.63, 3.8) is 0 Å². The molecule has 2 aromatic heterocycles. The Morgan fingerprint density at radius 2 is 1.92 bits per heavy atom. The maximum atomic E-state index is 5.51. The van der Waals surface area contributed by atoms with E-state index in [1.54, 1.807) is 4.52 Å². The number of aromatic nitrogens is 4. The van der Waals surface area contributed by atoms with Crippen molar-refractivity contribution < 1.29 is 4.74 Å². The summed E-state index contributed by atoms with van der Waals surface area (Å²) in [5, 5.41) is 12.8. The number of hydrogen-bond donors (Lipinski definition) is 0. The number of aryl methyl sites for hydroxylation is 1. The average molecular weight is 335 g/mol. The molecule has 6 heteroatoms. The van der Waals surface area contributed by atoms with E-state index in [0.29, 0.717) is 6.61 Å². The minimum absolute atomic E-state index is 0.695. The fourth-order valence-electron chi connectivity index (χ4n) is 3.13. The first-order valence-electron chi connectivity index (χ1n) is 8.61. The molecule has 0 N–H and O–H groups in total. The van der Waals surface area contributed by atoms with Crippen molar-refractivity contribution in [3.8, 4) is 5.75 Å². The van der Waals surface area contributed by atoms with Gasteiger partial charge >= 0.3 is 0 Å². The standard InChI is InChI=1S/C19H21N5O/c1-3-25-17-6-4-15(5-7-17)16-10-12-23(13-11-16)19-9-8-18-21-20-14(2)24(18)22-19/h4-10H,3,11-13H2,1-2H3. The van der Waals surface area contributed by atoms with Gasteiger partial charge in [0.2, 0.25) is 0 Å². The van der Waals surface area contributed by atoms with E-state index in [-0.39, 0.29) is 0 Å². The summed E-state index contributed by atoms with van der Waals surface area (Å²) in [5.74, 6) is 2.68. The molecule has 128 valence electrons. The van der Waals surface area contributed by atoms with E-state index in [0.717, 1.165) is 42.5 Å². The Morgan fingerprint density at radius 3 is 2.64 bits per heavy atom. The first-order valence-corrected chi connectivity index (χ1v) is 8.61. The Labute approximate surface area is 146 Å². The van der Waals surface area contributed by atoms with E-state index in [9.17, 15) is 0 Å². The first-order chi connectivity index (χ1) is 12.2. The van der Waals surface area contributed by atoms with E-state index >= 15 is 0 Å². The number of benzene rings is 1. The molecule has 1 aliphatic heterocycles. The molecule has 1 aromatic carbocycles. The molecule has 0 saturated heterocycles. The largest absolute Gasteiger partial charge is 0.494 e. The summed E-state index contributed by atoms with van der Waals surface area (Å²) in [4.78, 5) is 2.27. The fraction of sp³-hybridized carbons (Fsp3) is 0.316. The molecule has 0 atom stereocenters. The van der Waals surface area contributed by atoms with Gasteiger partial charge in [-0.1, -0.05) is 18.2 Å². The van der Waals surface area contributed by atoms with Crippen molar-refractivity contribution in [2.75, 3.05) is 24.6 Å². The lowest BCUT2D eigenvalue weighted by Gasteiger charge is -2.27. The van der Waals surface area contributed by atoms with Crippen LogP contribution in [0.3, 0.4) is 0 Å². The van der Waals surface area contributed by atoms with E-state index in [1.807, 2.05) is 38.1 Å². The van der Waals surface area contributed by atoms with E-state index in [4.69, 9.17) is 4.74 Å². The van der Waals surface area contributed by atoms with Crippen LogP contribution >= 0.6 is 0 Å². The predicted molar refractivity (Wildman–Crippen MR) is 97.9 cm³/mol. The van der Waals surface area contributed by atoms with Gasteiger partial charge in [-0.3, -0.25) is 0 Å². The Hall–Kier alpha value is -2.89. The Balaban J connectivity index is 1.51. The van der Waals surface area contributed by atoms with Gasteiger partial charge in [-0.15, -0.1) is 15.3 Å². The molecule has 0 bridgehead atoms. The molecular weight excluding hydrogens is 314 g/mol. The number of rotatable bonds is 4. The number of nitrogens with zero attached hydrogens (tertiary/aromatic N) is 5. The summed E-state index contributed by atoms with van der Waals surface area (Å²) in [5.41, 5.74) is 3.42. The molecule has 6 nitrogen and oxygen atoms in total. The second kappa shape index (κ2) is 6.55. The highest BCUT2D eigenvalue weighted by atomic mass is 16.5. The van der Waals surface area contributed by atoms with Crippen molar-refractivity contribution >= 4 is 17.0 Å². The van der Waals surface area contributed by atoms with Crippen molar-refractivity contribution in [1.82, 2.24) is 19.8 Å². The van der Waals surface area contributed by atoms with Crippen LogP contribution in [0.25, 0.3) is 11.2 Å². The van der Waals surface area contributed by atoms with Gasteiger partial charge in [0.25, 0.3) is 0 Å². The van der Waals surface area contributed by atoms with Gasteiger partial charge in [0.15, 0.2) is 11.5 Å². The van der Waals surface area contributed by atoms with E-state index in [1.165, 1.54) is 11.1 Å². The van der Waals surface area contributed by atoms with Crippen LogP contribution in [-0.2, 0) is 0 Å². The van der Waals surface area contributed by atoms with Crippen LogP contribution in [0.4, 0.5) is 5.82 Å². The smallest absolute Gasteiger partial charge is 0.178 e. The third-order valence-corrected chi connectivity index (χ3v) is 4.47. The summed E-state index contributed by atoms with van der Waals surface area (Å²) in [7, 11) is 0. The number of fused-ring (bicyclic) bond motifs is 1. The molecule has 4 rings (SSSR count). The van der Waals surface area contributed by atoms with Crippen LogP contribution in [0.5, 0.6) is 5.75 Å². The molecule has 1 aliphatic rings. The molecule has 0 aliphatic carbocycles. The zero-order valence-corrected chi connectivity index (χ0v) is 14.5. The van der Waals surface area contributed by atoms with Gasteiger partial charge in [0.05, 0.1) is 6.61 Å². The van der Waals surface area contributed by atoms with Gasteiger partial charge in [-0.25, -0.2) is 0 Å². The molecule has 3 heterocycles. The predicted octanol–water partition coefficient (Wildman–Crippen LogP) is 3.13. The van der Waals surface area contributed by atoms with Crippen molar-refractivity contribution in [1.29, 1.82) is 0 Å². The second-order valence-electron chi connectivity index (χ2n) is 6.09. The Bertz CT molecular complexity index is 913. The van der Waals surface area contributed by atoms with Gasteiger partial charge in [0.1, 0.15) is 11.6 Å². The molecule has 0 unspecified atom stereocenters. The summed E-state index contributed by atoms with van der Waals surface area (Å²) < 4.78 is 7.31. The van der Waals surface area contributed by atoms with Crippen LogP contribution in [0.15, 0.2) is 42.5 Å². The molecule has 25 heavy (non-hydrogen) atoms. The minimum Gasteiger partial charge on any atom is -0.494 e. The summed E-state index contributed by atoms with van der Waals surface area (Å²) in [6, 6.07) is 12.3. The maximum absolute atomic E-state index is 5.51. The van der Waals surface area contributed by atoms with Gasteiger partial charge < -0.3 is 9.64 Å². The zero-order valence-electron chi connectivity index (χ0n) is 14.5. The lowest BCUT2D eigenvalue weighted by molar-refractivity contribution is 0.340. The topological polar surface area (TPSA) is 55.5 Å². The number of hydrogen-bond acceptors (Lipinski definition) is 5. The number of ether oxygens (including phenoxy) is 1. The lowest BCUT2D eigenvalue weighted by Crippen LogP contribution is -2.29. The highest BCUT2D eigenvalue weighted by Gasteiger charge is 2.15. The maximum Gasteiger partial charge on any atom is 0.178 e. The van der Waals surface area contributed by atoms with Crippen molar-refractivity contribution in [2.24, 2.45) is 0 Å². The van der Waals surface area contributed by atoms with Crippen LogP contribution in [0, 0.1) is 6.92 Å². The highest BCUT2D eigenvalue weighted by Crippen LogP contribution is 2.26. The number of anilines is 1. The van der Waals surface area contributed by atoms with E-state index < -0.39 is 0 Å². The molecular formula is C19H21N5O. The van der Waals surface area contributed by atoms with Crippen LogP contribution in [-0.4, -0.2) is 39.5 Å². The Kier molecular flexibility index (Phi) is 4.09. The minimum atomic E-state index is 0.695. The molecule has 0 radical (unpaired) electrons. The van der Waals surface area contributed by atoms with Gasteiger partial charge in [-0.05, 0) is 55.7 Å². The van der Waals surface area contributed by atoms with Crippen molar-refractivity contribution in [2.45, 2.75) is 20.3 Å². The summed E-state index contributed by atoms with van der Waals surface area (Å²) in [6.45, 7) is 6.40. The molecule has 0 fully saturated rings. The normalized spacial score (nSPS) is 14.6. The SMILES string of the molecule is CCOc1ccc(C2=CCN(c3ccc4nnc(C)n4n3)CC2)cc1. The highest BCUT2D eigenvalue weighted by molar-refractivity contribution is 5.68. The fourth-order valence-corrected chi connectivity index (χ4v) is 3.13. The average Bonchev–Trinajstić information content (AvgIpc) is 3.03. The first kappa shape index (κ1) is 15.6. The van der Waals surface area contributed by atoms with Gasteiger partial charge in [-0.2, -0.15) is 4.52 Å². The monoisotopic (exact) mass is 335 g/mol. The third-order valence-electron chi connectivity index (χ3n) is 4.47. The van der Waals surface area contributed by atoms with Crippen LogP contribution in [0.1, 0.15) is 24.7 Å². The zero-order chi connectivity index (χ0) is 17.2. The molecule has 0 amide bonds. The van der Waals surface area contributed by atoms with Crippen LogP contribution < -0.4 is 9.64 Å². The summed E-state index contributed by atoms with van der Waals surface area (Å²) >= 11 is 0. The van der Waals surface area contributed by atoms with E-state index in [2.05, 4.69) is 38.4 Å². The molecule has 3 aromatic rings. The lowest BCUT2D eigenvalue weighted by atomic mass is 9.99. The molecule has 0 saturated carbocycles. The quantitative estimate of drug-likeness (QED) is 0.733. The third kappa shape index (κ3) is 3.07. The second-order valence-corrected chi connectivity index (χ2v) is 6.09. The van der Waals surface area contributed by atoms with Crippen molar-refractivity contribution in [3.05, 3.63) is 53.9 Å².